The molecule has 0 aromatic heterocycles. The molecule has 28 heavy (non-hydrogen) atoms. The molecule has 0 saturated carbocycles. The summed E-state index contributed by atoms with van der Waals surface area (Å²) in [6, 6.07) is 5.64. The van der Waals surface area contributed by atoms with Gasteiger partial charge in [-0.25, -0.2) is 4.79 Å². The molecular formula is C22H35NO4S. The van der Waals surface area contributed by atoms with Crippen LogP contribution in [0.2, 0.25) is 0 Å². The normalized spacial score (nSPS) is 14.4. The molecule has 6 heteroatoms. The Morgan fingerprint density at radius 1 is 1.14 bits per heavy atom. The lowest BCUT2D eigenvalue weighted by Crippen LogP contribution is -2.27. The van der Waals surface area contributed by atoms with Crippen LogP contribution in [0.4, 0.5) is 4.79 Å². The molecule has 0 fully saturated rings. The highest BCUT2D eigenvalue weighted by atomic mass is 32.2. The van der Waals surface area contributed by atoms with Crippen molar-refractivity contribution in [2.75, 3.05) is 12.5 Å². The van der Waals surface area contributed by atoms with E-state index in [0.717, 1.165) is 18.4 Å². The average molecular weight is 410 g/mol. The standard InChI is InChI=1S/C22H35NO4S/c1-4-5-6-7-8-9-10-11-15-25-28-17-23-21(24)26-19-14-12-13-18-16-22(2,3)27-20(18)19/h12-14H,4-11,15-17H2,1-3H3,(H,23,24). The van der Waals surface area contributed by atoms with Gasteiger partial charge in [0.1, 0.15) is 5.60 Å². The number of amides is 1. The first-order valence-electron chi connectivity index (χ1n) is 10.5. The Labute approximate surface area is 174 Å². The maximum absolute atomic E-state index is 12.0. The third-order valence-electron chi connectivity index (χ3n) is 4.70. The highest BCUT2D eigenvalue weighted by Gasteiger charge is 2.32. The highest BCUT2D eigenvalue weighted by Crippen LogP contribution is 2.41. The van der Waals surface area contributed by atoms with E-state index in [1.807, 2.05) is 26.0 Å². The Morgan fingerprint density at radius 3 is 2.61 bits per heavy atom. The van der Waals surface area contributed by atoms with Crippen LogP contribution in [-0.4, -0.2) is 24.2 Å². The van der Waals surface area contributed by atoms with Gasteiger partial charge < -0.3 is 19.0 Å². The number of unbranched alkanes of at least 4 members (excludes halogenated alkanes) is 7. The third kappa shape index (κ3) is 8.31. The number of ether oxygens (including phenoxy) is 2. The van der Waals surface area contributed by atoms with E-state index in [4.69, 9.17) is 13.7 Å². The Balaban J connectivity index is 1.51. The number of hydrogen-bond acceptors (Lipinski definition) is 5. The topological polar surface area (TPSA) is 56.8 Å². The monoisotopic (exact) mass is 409 g/mol. The Morgan fingerprint density at radius 2 is 1.86 bits per heavy atom. The van der Waals surface area contributed by atoms with Crippen molar-refractivity contribution in [1.82, 2.24) is 5.32 Å². The van der Waals surface area contributed by atoms with E-state index < -0.39 is 6.09 Å². The summed E-state index contributed by atoms with van der Waals surface area (Å²) in [7, 11) is 0. The van der Waals surface area contributed by atoms with Crippen molar-refractivity contribution in [2.45, 2.75) is 84.2 Å². The summed E-state index contributed by atoms with van der Waals surface area (Å²) < 4.78 is 16.8. The molecular weight excluding hydrogens is 374 g/mol. The lowest BCUT2D eigenvalue weighted by atomic mass is 10.0. The molecule has 1 aromatic rings. The van der Waals surface area contributed by atoms with Crippen molar-refractivity contribution >= 4 is 18.1 Å². The predicted octanol–water partition coefficient (Wildman–Crippen LogP) is 6.25. The van der Waals surface area contributed by atoms with Crippen LogP contribution in [0.3, 0.4) is 0 Å². The third-order valence-corrected chi connectivity index (χ3v) is 5.29. The predicted molar refractivity (Wildman–Crippen MR) is 115 cm³/mol. The number of benzene rings is 1. The summed E-state index contributed by atoms with van der Waals surface area (Å²) in [5.41, 5.74) is 0.802. The number of fused-ring (bicyclic) bond motifs is 1. The van der Waals surface area contributed by atoms with Gasteiger partial charge in [0, 0.05) is 24.0 Å². The van der Waals surface area contributed by atoms with Gasteiger partial charge in [-0.3, -0.25) is 0 Å². The molecule has 1 N–H and O–H groups in total. The van der Waals surface area contributed by atoms with Crippen LogP contribution in [0.25, 0.3) is 0 Å². The number of para-hydroxylation sites is 1. The van der Waals surface area contributed by atoms with E-state index in [-0.39, 0.29) is 5.60 Å². The fraction of sp³-hybridized carbons (Fsp3) is 0.682. The van der Waals surface area contributed by atoms with Crippen molar-refractivity contribution in [2.24, 2.45) is 0 Å². The highest BCUT2D eigenvalue weighted by molar-refractivity contribution is 7.94. The second-order valence-electron chi connectivity index (χ2n) is 7.91. The number of carbonyl (C=O) groups is 1. The van der Waals surface area contributed by atoms with Crippen LogP contribution >= 0.6 is 12.0 Å². The molecule has 1 aromatic carbocycles. The minimum atomic E-state index is -0.495. The molecule has 0 radical (unpaired) electrons. The maximum Gasteiger partial charge on any atom is 0.413 e. The summed E-state index contributed by atoms with van der Waals surface area (Å²) in [4.78, 5) is 12.0. The number of nitrogens with one attached hydrogen (secondary N) is 1. The number of carbonyl (C=O) groups excluding carboxylic acids is 1. The van der Waals surface area contributed by atoms with E-state index in [1.165, 1.54) is 57.0 Å². The lowest BCUT2D eigenvalue weighted by molar-refractivity contribution is 0.133. The molecule has 0 bridgehead atoms. The van der Waals surface area contributed by atoms with Crippen molar-refractivity contribution in [3.05, 3.63) is 23.8 Å². The van der Waals surface area contributed by atoms with Crippen molar-refractivity contribution in [3.63, 3.8) is 0 Å². The average Bonchev–Trinajstić information content (AvgIpc) is 2.97. The Bertz CT molecular complexity index is 606. The van der Waals surface area contributed by atoms with Gasteiger partial charge in [-0.2, -0.15) is 0 Å². The molecule has 5 nitrogen and oxygen atoms in total. The largest absolute Gasteiger partial charge is 0.483 e. The number of rotatable bonds is 13. The molecule has 1 aliphatic heterocycles. The van der Waals surface area contributed by atoms with Crippen molar-refractivity contribution in [1.29, 1.82) is 0 Å². The number of hydrogen-bond donors (Lipinski definition) is 1. The zero-order valence-corrected chi connectivity index (χ0v) is 18.4. The molecule has 1 aliphatic rings. The van der Waals surface area contributed by atoms with Crippen LogP contribution in [0, 0.1) is 0 Å². The second kappa shape index (κ2) is 12.2. The van der Waals surface area contributed by atoms with E-state index >= 15 is 0 Å². The van der Waals surface area contributed by atoms with E-state index in [0.29, 0.717) is 24.0 Å². The van der Waals surface area contributed by atoms with Gasteiger partial charge in [0.05, 0.1) is 12.5 Å². The van der Waals surface area contributed by atoms with Crippen LogP contribution in [0.5, 0.6) is 11.5 Å². The summed E-state index contributed by atoms with van der Waals surface area (Å²) in [6.07, 6.45) is 10.6. The summed E-state index contributed by atoms with van der Waals surface area (Å²) >= 11 is 1.25. The van der Waals surface area contributed by atoms with Gasteiger partial charge in [-0.1, -0.05) is 64.0 Å². The minimum Gasteiger partial charge on any atom is -0.483 e. The van der Waals surface area contributed by atoms with E-state index in [2.05, 4.69) is 12.2 Å². The van der Waals surface area contributed by atoms with Gasteiger partial charge in [0.15, 0.2) is 11.5 Å². The van der Waals surface area contributed by atoms with Crippen molar-refractivity contribution < 1.29 is 18.5 Å². The first kappa shape index (κ1) is 22.9. The lowest BCUT2D eigenvalue weighted by Gasteiger charge is -2.18. The molecule has 0 unspecified atom stereocenters. The molecule has 0 aliphatic carbocycles. The maximum atomic E-state index is 12.0. The van der Waals surface area contributed by atoms with Gasteiger partial charge in [-0.15, -0.1) is 0 Å². The summed E-state index contributed by atoms with van der Waals surface area (Å²) in [5, 5.41) is 2.70. The quantitative estimate of drug-likeness (QED) is 0.237. The Kier molecular flexibility index (Phi) is 9.99. The van der Waals surface area contributed by atoms with E-state index in [1.54, 1.807) is 6.07 Å². The Hall–Kier alpha value is -1.40. The molecule has 2 rings (SSSR count). The van der Waals surface area contributed by atoms with Crippen LogP contribution in [-0.2, 0) is 10.6 Å². The van der Waals surface area contributed by atoms with Gasteiger partial charge in [0.2, 0.25) is 0 Å². The van der Waals surface area contributed by atoms with Gasteiger partial charge >= 0.3 is 6.09 Å². The fourth-order valence-electron chi connectivity index (χ4n) is 3.29. The zero-order valence-electron chi connectivity index (χ0n) is 17.6. The second-order valence-corrected chi connectivity index (χ2v) is 8.67. The van der Waals surface area contributed by atoms with Crippen molar-refractivity contribution in [3.8, 4) is 11.5 Å². The smallest absolute Gasteiger partial charge is 0.413 e. The SMILES string of the molecule is CCCCCCCCCCOSCNC(=O)Oc1cccc2c1OC(C)(C)C2. The molecule has 1 heterocycles. The first-order chi connectivity index (χ1) is 13.5. The molecule has 158 valence electrons. The molecule has 0 saturated heterocycles. The molecule has 0 atom stereocenters. The van der Waals surface area contributed by atoms with E-state index in [9.17, 15) is 4.79 Å². The minimum absolute atomic E-state index is 0.266. The molecule has 0 spiro atoms. The van der Waals surface area contributed by atoms with Crippen LogP contribution < -0.4 is 14.8 Å². The van der Waals surface area contributed by atoms with Crippen LogP contribution in [0.1, 0.15) is 77.7 Å². The first-order valence-corrected chi connectivity index (χ1v) is 11.4. The zero-order chi connectivity index (χ0) is 20.2. The van der Waals surface area contributed by atoms with Gasteiger partial charge in [-0.05, 0) is 26.3 Å². The van der Waals surface area contributed by atoms with Gasteiger partial charge in [0.25, 0.3) is 0 Å². The summed E-state index contributed by atoms with van der Waals surface area (Å²) in [5.74, 6) is 1.49. The molecule has 1 amide bonds. The summed E-state index contributed by atoms with van der Waals surface area (Å²) in [6.45, 7) is 7.01. The fourth-order valence-corrected chi connectivity index (χ4v) is 3.78. The van der Waals surface area contributed by atoms with Crippen LogP contribution in [0.15, 0.2) is 18.2 Å².